The van der Waals surface area contributed by atoms with E-state index < -0.39 is 46.0 Å². The summed E-state index contributed by atoms with van der Waals surface area (Å²) in [5.41, 5.74) is 4.96. The summed E-state index contributed by atoms with van der Waals surface area (Å²) in [7, 11) is 0. The molecule has 258 valence electrons. The summed E-state index contributed by atoms with van der Waals surface area (Å²) in [6.07, 6.45) is 0. The van der Waals surface area contributed by atoms with Gasteiger partial charge in [0.05, 0.1) is 0 Å². The zero-order chi connectivity index (χ0) is 36.7. The number of fused-ring (bicyclic) bond motifs is 5. The summed E-state index contributed by atoms with van der Waals surface area (Å²) >= 11 is 0. The number of furan rings is 1. The Kier molecular flexibility index (Phi) is 6.83. The quantitative estimate of drug-likeness (QED) is 0.0504. The minimum atomic E-state index is -1.03. The predicted octanol–water partition coefficient (Wildman–Crippen LogP) is 10.2. The highest BCUT2D eigenvalue weighted by molar-refractivity contribution is 6.29. The van der Waals surface area contributed by atoms with Crippen molar-refractivity contribution in [3.63, 3.8) is 0 Å². The van der Waals surface area contributed by atoms with Gasteiger partial charge in [0.1, 0.15) is 11.2 Å². The van der Waals surface area contributed by atoms with Crippen molar-refractivity contribution in [3.05, 3.63) is 121 Å². The molecular formula is C44H28O9. The van der Waals surface area contributed by atoms with Crippen LogP contribution in [0.3, 0.4) is 0 Å². The van der Waals surface area contributed by atoms with Crippen molar-refractivity contribution >= 4 is 43.5 Å². The Balaban J connectivity index is 1.50. The molecule has 0 aliphatic carbocycles. The standard InChI is InChI=1S/C44H28O9/c45-37-33-31(23-15-17-25(21-9-3-1-4-10-21)27(19-23)22-11-5-2-6-12-22)34-36(40(48)44(52)42(50)38(34)46)32(35(33)39(47)43(51)41(37)49)24-16-18-30-28(20-24)26-13-7-8-14-29(26)53-30/h1-20,45-52H. The van der Waals surface area contributed by atoms with Crippen LogP contribution >= 0.6 is 0 Å². The van der Waals surface area contributed by atoms with Crippen LogP contribution in [-0.4, -0.2) is 40.9 Å². The first kappa shape index (κ1) is 31.5. The van der Waals surface area contributed by atoms with E-state index in [4.69, 9.17) is 4.42 Å². The van der Waals surface area contributed by atoms with Crippen LogP contribution in [-0.2, 0) is 0 Å². The largest absolute Gasteiger partial charge is 0.504 e. The molecule has 0 spiro atoms. The van der Waals surface area contributed by atoms with E-state index in [9.17, 15) is 40.9 Å². The van der Waals surface area contributed by atoms with E-state index in [-0.39, 0.29) is 32.7 Å². The third kappa shape index (κ3) is 4.51. The normalized spacial score (nSPS) is 11.6. The van der Waals surface area contributed by atoms with Gasteiger partial charge in [0.2, 0.25) is 23.0 Å². The summed E-state index contributed by atoms with van der Waals surface area (Å²) in [5.74, 6) is -7.52. The van der Waals surface area contributed by atoms with E-state index in [2.05, 4.69) is 0 Å². The van der Waals surface area contributed by atoms with Crippen LogP contribution in [0.2, 0.25) is 0 Å². The summed E-state index contributed by atoms with van der Waals surface area (Å²) in [6, 6.07) is 36.7. The van der Waals surface area contributed by atoms with Gasteiger partial charge >= 0.3 is 0 Å². The van der Waals surface area contributed by atoms with Crippen LogP contribution < -0.4 is 0 Å². The first-order chi connectivity index (χ1) is 25.7. The maximum Gasteiger partial charge on any atom is 0.204 e. The predicted molar refractivity (Wildman–Crippen MR) is 204 cm³/mol. The van der Waals surface area contributed by atoms with Crippen LogP contribution in [0.15, 0.2) is 126 Å². The molecule has 0 bridgehead atoms. The Morgan fingerprint density at radius 2 is 0.717 bits per heavy atom. The molecule has 9 nitrogen and oxygen atoms in total. The van der Waals surface area contributed by atoms with Gasteiger partial charge in [0.25, 0.3) is 0 Å². The van der Waals surface area contributed by atoms with E-state index in [0.29, 0.717) is 27.7 Å². The van der Waals surface area contributed by atoms with Crippen molar-refractivity contribution in [1.82, 2.24) is 0 Å². The molecule has 0 saturated carbocycles. The SMILES string of the molecule is Oc1c(O)c(O)c2c(-c3ccc4oc5ccccc5c4c3)c3c(O)c(O)c(O)c(O)c3c(-c3ccc(-c4ccccc4)c(-c4ccccc4)c3)c2c1O. The summed E-state index contributed by atoms with van der Waals surface area (Å²) in [4.78, 5) is 0. The Bertz CT molecular complexity index is 2890. The molecule has 9 rings (SSSR count). The second-order valence-corrected chi connectivity index (χ2v) is 12.8. The maximum absolute atomic E-state index is 11.7. The third-order valence-electron chi connectivity index (χ3n) is 9.94. The molecule has 0 aliphatic heterocycles. The Labute approximate surface area is 300 Å². The summed E-state index contributed by atoms with van der Waals surface area (Å²) in [5, 5.41) is 91.3. The van der Waals surface area contributed by atoms with Crippen LogP contribution in [0, 0.1) is 0 Å². The molecule has 8 N–H and O–H groups in total. The molecular weight excluding hydrogens is 672 g/mol. The third-order valence-corrected chi connectivity index (χ3v) is 9.94. The fourth-order valence-corrected chi connectivity index (χ4v) is 7.50. The van der Waals surface area contributed by atoms with E-state index in [1.54, 1.807) is 36.4 Å². The molecule has 0 atom stereocenters. The first-order valence-electron chi connectivity index (χ1n) is 16.6. The van der Waals surface area contributed by atoms with Gasteiger partial charge in [0.15, 0.2) is 23.0 Å². The number of phenolic OH excluding ortho intramolecular Hbond substituents is 8. The Hall–Kier alpha value is -7.52. The number of rotatable bonds is 4. The highest BCUT2D eigenvalue weighted by Crippen LogP contribution is 2.62. The van der Waals surface area contributed by atoms with E-state index in [1.807, 2.05) is 84.9 Å². The number of para-hydroxylation sites is 1. The second kappa shape index (κ2) is 11.5. The molecule has 53 heavy (non-hydrogen) atoms. The molecule has 8 aromatic carbocycles. The molecule has 0 radical (unpaired) electrons. The fraction of sp³-hybridized carbons (Fsp3) is 0. The molecule has 0 fully saturated rings. The minimum absolute atomic E-state index is 0.0309. The van der Waals surface area contributed by atoms with Crippen LogP contribution in [0.4, 0.5) is 0 Å². The van der Waals surface area contributed by atoms with Gasteiger partial charge in [-0.05, 0) is 57.6 Å². The van der Waals surface area contributed by atoms with Crippen molar-refractivity contribution in [2.75, 3.05) is 0 Å². The number of hydrogen-bond acceptors (Lipinski definition) is 9. The maximum atomic E-state index is 11.7. The van der Waals surface area contributed by atoms with Gasteiger partial charge in [-0.2, -0.15) is 0 Å². The molecule has 0 amide bonds. The zero-order valence-corrected chi connectivity index (χ0v) is 27.5. The monoisotopic (exact) mass is 700 g/mol. The van der Waals surface area contributed by atoms with Crippen molar-refractivity contribution in [2.45, 2.75) is 0 Å². The average molecular weight is 701 g/mol. The van der Waals surface area contributed by atoms with E-state index >= 15 is 0 Å². The number of phenols is 8. The summed E-state index contributed by atoms with van der Waals surface area (Å²) in [6.45, 7) is 0. The van der Waals surface area contributed by atoms with Gasteiger partial charge in [0, 0.05) is 43.4 Å². The number of hydrogen-bond donors (Lipinski definition) is 8. The van der Waals surface area contributed by atoms with Crippen LogP contribution in [0.1, 0.15) is 0 Å². The molecule has 0 aliphatic rings. The average Bonchev–Trinajstić information content (AvgIpc) is 3.58. The van der Waals surface area contributed by atoms with Gasteiger partial charge in [-0.15, -0.1) is 0 Å². The smallest absolute Gasteiger partial charge is 0.204 e. The van der Waals surface area contributed by atoms with E-state index in [0.717, 1.165) is 27.6 Å². The number of benzene rings is 8. The Morgan fingerprint density at radius 1 is 0.302 bits per heavy atom. The lowest BCUT2D eigenvalue weighted by molar-refractivity contribution is 0.350. The minimum Gasteiger partial charge on any atom is -0.504 e. The second-order valence-electron chi connectivity index (χ2n) is 12.8. The lowest BCUT2D eigenvalue weighted by Crippen LogP contribution is -1.95. The van der Waals surface area contributed by atoms with Gasteiger partial charge in [-0.3, -0.25) is 0 Å². The zero-order valence-electron chi connectivity index (χ0n) is 27.5. The molecule has 1 heterocycles. The van der Waals surface area contributed by atoms with Crippen molar-refractivity contribution in [2.24, 2.45) is 0 Å². The highest BCUT2D eigenvalue weighted by Gasteiger charge is 2.32. The summed E-state index contributed by atoms with van der Waals surface area (Å²) < 4.78 is 6.01. The van der Waals surface area contributed by atoms with Gasteiger partial charge in [-0.25, -0.2) is 0 Å². The van der Waals surface area contributed by atoms with E-state index in [1.165, 1.54) is 0 Å². The lowest BCUT2D eigenvalue weighted by Gasteiger charge is -2.23. The van der Waals surface area contributed by atoms with Crippen molar-refractivity contribution in [1.29, 1.82) is 0 Å². The van der Waals surface area contributed by atoms with Gasteiger partial charge < -0.3 is 45.3 Å². The first-order valence-corrected chi connectivity index (χ1v) is 16.6. The lowest BCUT2D eigenvalue weighted by atomic mass is 9.82. The molecule has 0 saturated heterocycles. The van der Waals surface area contributed by atoms with Crippen molar-refractivity contribution in [3.8, 4) is 90.5 Å². The topological polar surface area (TPSA) is 175 Å². The molecule has 9 aromatic rings. The van der Waals surface area contributed by atoms with Crippen LogP contribution in [0.25, 0.3) is 88.0 Å². The highest BCUT2D eigenvalue weighted by atomic mass is 16.4. The number of aromatic hydroxyl groups is 8. The molecule has 0 unspecified atom stereocenters. The van der Waals surface area contributed by atoms with Gasteiger partial charge in [-0.1, -0.05) is 97.1 Å². The molecule has 1 aromatic heterocycles. The van der Waals surface area contributed by atoms with Crippen molar-refractivity contribution < 1.29 is 45.3 Å². The molecule has 9 heteroatoms. The Morgan fingerprint density at radius 3 is 1.25 bits per heavy atom. The fourth-order valence-electron chi connectivity index (χ4n) is 7.50. The van der Waals surface area contributed by atoms with Crippen LogP contribution in [0.5, 0.6) is 46.0 Å².